The molecule has 1 heterocycles. The second-order valence-electron chi connectivity index (χ2n) is 4.62. The van der Waals surface area contributed by atoms with Crippen LogP contribution in [0.4, 0.5) is 0 Å². The second kappa shape index (κ2) is 6.49. The first kappa shape index (κ1) is 14.5. The van der Waals surface area contributed by atoms with Crippen LogP contribution >= 0.6 is 11.6 Å². The second-order valence-corrected chi connectivity index (χ2v) is 5.03. The summed E-state index contributed by atoms with van der Waals surface area (Å²) in [5, 5.41) is 12.0. The fraction of sp³-hybridized carbons (Fsp3) is 0.429. The Kier molecular flexibility index (Phi) is 4.70. The molecule has 1 saturated heterocycles. The Bertz CT molecular complexity index is 554. The minimum absolute atomic E-state index is 0.0442. The number of amides is 1. The number of ether oxygens (including phenoxy) is 2. The van der Waals surface area contributed by atoms with Crippen LogP contribution in [0.2, 0.25) is 5.02 Å². The van der Waals surface area contributed by atoms with Crippen LogP contribution < -0.4 is 14.8 Å². The number of halogens is 1. The highest BCUT2D eigenvalue weighted by atomic mass is 35.5. The first-order valence-electron chi connectivity index (χ1n) is 6.31. The van der Waals surface area contributed by atoms with Gasteiger partial charge in [-0.1, -0.05) is 11.6 Å². The van der Waals surface area contributed by atoms with E-state index in [0.29, 0.717) is 41.7 Å². The maximum absolute atomic E-state index is 11.3. The average Bonchev–Trinajstić information content (AvgIpc) is 2.45. The molecule has 0 radical (unpaired) electrons. The van der Waals surface area contributed by atoms with Gasteiger partial charge in [-0.15, -0.1) is 0 Å². The van der Waals surface area contributed by atoms with E-state index in [-0.39, 0.29) is 11.8 Å². The molecule has 0 aliphatic carbocycles. The molecule has 0 spiro atoms. The van der Waals surface area contributed by atoms with Gasteiger partial charge in [0.1, 0.15) is 0 Å². The Morgan fingerprint density at radius 2 is 2.35 bits per heavy atom. The number of nitrogens with zero attached hydrogens (tertiary/aromatic N) is 1. The first-order chi connectivity index (χ1) is 9.63. The van der Waals surface area contributed by atoms with Crippen LogP contribution in [0, 0.1) is 17.2 Å². The highest BCUT2D eigenvalue weighted by molar-refractivity contribution is 6.32. The van der Waals surface area contributed by atoms with Gasteiger partial charge in [-0.2, -0.15) is 5.26 Å². The average molecular weight is 295 g/mol. The summed E-state index contributed by atoms with van der Waals surface area (Å²) in [4.78, 5) is 11.3. The number of hydrogen-bond acceptors (Lipinski definition) is 4. The lowest BCUT2D eigenvalue weighted by Crippen LogP contribution is -2.35. The summed E-state index contributed by atoms with van der Waals surface area (Å²) < 4.78 is 10.9. The Morgan fingerprint density at radius 1 is 1.55 bits per heavy atom. The van der Waals surface area contributed by atoms with Gasteiger partial charge < -0.3 is 14.8 Å². The van der Waals surface area contributed by atoms with Gasteiger partial charge in [0.25, 0.3) is 0 Å². The number of benzene rings is 1. The first-order valence-corrected chi connectivity index (χ1v) is 6.69. The minimum atomic E-state index is 0.0442. The SMILES string of the molecule is COc1cc(C#N)cc(Cl)c1OCC1CCNC(=O)C1. The molecule has 1 unspecified atom stereocenters. The minimum Gasteiger partial charge on any atom is -0.493 e. The predicted octanol–water partition coefficient (Wildman–Crippen LogP) is 2.13. The number of hydrogen-bond donors (Lipinski definition) is 1. The van der Waals surface area contributed by atoms with Crippen LogP contribution in [0.25, 0.3) is 0 Å². The molecule has 1 N–H and O–H groups in total. The van der Waals surface area contributed by atoms with Crippen molar-refractivity contribution in [3.8, 4) is 17.6 Å². The molecule has 1 aliphatic rings. The van der Waals surface area contributed by atoms with Crippen molar-refractivity contribution < 1.29 is 14.3 Å². The van der Waals surface area contributed by atoms with E-state index in [2.05, 4.69) is 5.32 Å². The van der Waals surface area contributed by atoms with Gasteiger partial charge in [0, 0.05) is 24.9 Å². The maximum atomic E-state index is 11.3. The van der Waals surface area contributed by atoms with Gasteiger partial charge in [0.2, 0.25) is 5.91 Å². The fourth-order valence-electron chi connectivity index (χ4n) is 2.12. The lowest BCUT2D eigenvalue weighted by Gasteiger charge is -2.23. The monoisotopic (exact) mass is 294 g/mol. The molecule has 1 atom stereocenters. The van der Waals surface area contributed by atoms with Crippen molar-refractivity contribution in [3.63, 3.8) is 0 Å². The van der Waals surface area contributed by atoms with Crippen LogP contribution in [-0.2, 0) is 4.79 Å². The summed E-state index contributed by atoms with van der Waals surface area (Å²) >= 11 is 6.10. The fourth-order valence-corrected chi connectivity index (χ4v) is 2.39. The normalized spacial score (nSPS) is 18.1. The summed E-state index contributed by atoms with van der Waals surface area (Å²) in [6, 6.07) is 5.12. The van der Waals surface area contributed by atoms with Crippen molar-refractivity contribution in [1.29, 1.82) is 5.26 Å². The Morgan fingerprint density at radius 3 is 3.00 bits per heavy atom. The standard InChI is InChI=1S/C14H15ClN2O3/c1-19-12-5-10(7-16)4-11(15)14(12)20-8-9-2-3-17-13(18)6-9/h4-5,9H,2-3,6,8H2,1H3,(H,17,18). The van der Waals surface area contributed by atoms with Gasteiger partial charge in [-0.3, -0.25) is 4.79 Å². The molecular formula is C14H15ClN2O3. The molecule has 1 aromatic rings. The van der Waals surface area contributed by atoms with E-state index in [0.717, 1.165) is 6.42 Å². The summed E-state index contributed by atoms with van der Waals surface area (Å²) in [5.41, 5.74) is 0.413. The molecule has 20 heavy (non-hydrogen) atoms. The van der Waals surface area contributed by atoms with Gasteiger partial charge >= 0.3 is 0 Å². The summed E-state index contributed by atoms with van der Waals surface area (Å²) in [5.74, 6) is 1.05. The van der Waals surface area contributed by atoms with Crippen LogP contribution in [0.1, 0.15) is 18.4 Å². The zero-order valence-corrected chi connectivity index (χ0v) is 11.9. The zero-order valence-electron chi connectivity index (χ0n) is 11.1. The number of nitriles is 1. The number of piperidine rings is 1. The summed E-state index contributed by atoms with van der Waals surface area (Å²) in [6.07, 6.45) is 1.33. The number of nitrogens with one attached hydrogen (secondary N) is 1. The Balaban J connectivity index is 2.09. The molecule has 106 valence electrons. The third-order valence-electron chi connectivity index (χ3n) is 3.17. The molecule has 2 rings (SSSR count). The summed E-state index contributed by atoms with van der Waals surface area (Å²) in [6.45, 7) is 1.07. The van der Waals surface area contributed by atoms with E-state index in [1.165, 1.54) is 13.2 Å². The van der Waals surface area contributed by atoms with E-state index < -0.39 is 0 Å². The predicted molar refractivity (Wildman–Crippen MR) is 73.9 cm³/mol. The number of methoxy groups -OCH3 is 1. The Hall–Kier alpha value is -1.93. The third kappa shape index (κ3) is 3.34. The van der Waals surface area contributed by atoms with Crippen LogP contribution in [0.3, 0.4) is 0 Å². The van der Waals surface area contributed by atoms with Crippen molar-refractivity contribution in [2.75, 3.05) is 20.3 Å². The van der Waals surface area contributed by atoms with E-state index in [1.54, 1.807) is 6.07 Å². The molecule has 0 bridgehead atoms. The molecule has 0 saturated carbocycles. The smallest absolute Gasteiger partial charge is 0.220 e. The van der Waals surface area contributed by atoms with Crippen LogP contribution in [-0.4, -0.2) is 26.2 Å². The molecule has 1 amide bonds. The van der Waals surface area contributed by atoms with Crippen molar-refractivity contribution in [3.05, 3.63) is 22.7 Å². The van der Waals surface area contributed by atoms with Crippen molar-refractivity contribution >= 4 is 17.5 Å². The zero-order chi connectivity index (χ0) is 14.5. The quantitative estimate of drug-likeness (QED) is 0.923. The molecule has 5 nitrogen and oxygen atoms in total. The van der Waals surface area contributed by atoms with Gasteiger partial charge in [0.05, 0.1) is 30.4 Å². The van der Waals surface area contributed by atoms with E-state index >= 15 is 0 Å². The topological polar surface area (TPSA) is 71.3 Å². The van der Waals surface area contributed by atoms with Crippen molar-refractivity contribution in [2.45, 2.75) is 12.8 Å². The van der Waals surface area contributed by atoms with Crippen molar-refractivity contribution in [1.82, 2.24) is 5.32 Å². The largest absolute Gasteiger partial charge is 0.493 e. The van der Waals surface area contributed by atoms with Crippen molar-refractivity contribution in [2.24, 2.45) is 5.92 Å². The molecule has 1 aliphatic heterocycles. The number of rotatable bonds is 4. The maximum Gasteiger partial charge on any atom is 0.220 e. The summed E-state index contributed by atoms with van der Waals surface area (Å²) in [7, 11) is 1.49. The third-order valence-corrected chi connectivity index (χ3v) is 3.45. The van der Waals surface area contributed by atoms with Gasteiger partial charge in [0.15, 0.2) is 11.5 Å². The van der Waals surface area contributed by atoms with E-state index in [4.69, 9.17) is 26.3 Å². The van der Waals surface area contributed by atoms with Crippen LogP contribution in [0.15, 0.2) is 12.1 Å². The lowest BCUT2D eigenvalue weighted by molar-refractivity contribution is -0.123. The van der Waals surface area contributed by atoms with E-state index in [9.17, 15) is 4.79 Å². The number of carbonyl (C=O) groups is 1. The molecular weight excluding hydrogens is 280 g/mol. The highest BCUT2D eigenvalue weighted by Crippen LogP contribution is 2.36. The van der Waals surface area contributed by atoms with Crippen LogP contribution in [0.5, 0.6) is 11.5 Å². The highest BCUT2D eigenvalue weighted by Gasteiger charge is 2.21. The molecule has 0 aromatic heterocycles. The van der Waals surface area contributed by atoms with E-state index in [1.807, 2.05) is 6.07 Å². The van der Waals surface area contributed by atoms with Gasteiger partial charge in [-0.05, 0) is 12.5 Å². The van der Waals surface area contributed by atoms with Gasteiger partial charge in [-0.25, -0.2) is 0 Å². The Labute approximate surface area is 122 Å². The lowest BCUT2D eigenvalue weighted by atomic mass is 9.99. The number of carbonyl (C=O) groups excluding carboxylic acids is 1. The molecule has 1 aromatic carbocycles. The molecule has 6 heteroatoms. The molecule has 1 fully saturated rings.